The average Bonchev–Trinajstić information content (AvgIpc) is 2.92. The van der Waals surface area contributed by atoms with E-state index >= 15 is 0 Å². The summed E-state index contributed by atoms with van der Waals surface area (Å²) in [5, 5.41) is 4.48. The first-order chi connectivity index (χ1) is 10.3. The minimum Gasteiger partial charge on any atom is -0.383 e. The molecule has 3 rings (SSSR count). The van der Waals surface area contributed by atoms with Gasteiger partial charge in [-0.3, -0.25) is 0 Å². The molecule has 4 nitrogen and oxygen atoms in total. The van der Waals surface area contributed by atoms with E-state index in [0.29, 0.717) is 13.2 Å². The number of halogens is 1. The zero-order valence-electron chi connectivity index (χ0n) is 11.5. The molecule has 0 atom stereocenters. The van der Waals surface area contributed by atoms with E-state index < -0.39 is 0 Å². The van der Waals surface area contributed by atoms with Gasteiger partial charge in [0.1, 0.15) is 10.6 Å². The largest absolute Gasteiger partial charge is 0.383 e. The summed E-state index contributed by atoms with van der Waals surface area (Å²) >= 11 is 7.62. The van der Waals surface area contributed by atoms with E-state index in [4.69, 9.17) is 16.3 Å². The van der Waals surface area contributed by atoms with E-state index in [-0.39, 0.29) is 5.28 Å². The molecule has 0 unspecified atom stereocenters. The third kappa shape index (κ3) is 3.15. The highest BCUT2D eigenvalue weighted by Gasteiger charge is 2.11. The molecule has 0 aliphatic carbocycles. The van der Waals surface area contributed by atoms with Crippen LogP contribution in [0.1, 0.15) is 0 Å². The molecule has 0 spiro atoms. The van der Waals surface area contributed by atoms with Crippen LogP contribution in [-0.4, -0.2) is 30.2 Å². The van der Waals surface area contributed by atoms with Gasteiger partial charge >= 0.3 is 0 Å². The van der Waals surface area contributed by atoms with Gasteiger partial charge in [-0.15, -0.1) is 11.3 Å². The van der Waals surface area contributed by atoms with Gasteiger partial charge in [-0.2, -0.15) is 0 Å². The second kappa shape index (κ2) is 6.39. The molecule has 108 valence electrons. The monoisotopic (exact) mass is 319 g/mol. The Balaban J connectivity index is 2.02. The van der Waals surface area contributed by atoms with Crippen LogP contribution in [0.15, 0.2) is 36.4 Å². The molecular formula is C15H14ClN3OS. The smallest absolute Gasteiger partial charge is 0.225 e. The number of hydrogen-bond acceptors (Lipinski definition) is 5. The van der Waals surface area contributed by atoms with Crippen LogP contribution in [0, 0.1) is 0 Å². The summed E-state index contributed by atoms with van der Waals surface area (Å²) in [4.78, 5) is 10.6. The average molecular weight is 320 g/mol. The van der Waals surface area contributed by atoms with E-state index in [2.05, 4.69) is 33.5 Å². The van der Waals surface area contributed by atoms with Crippen LogP contribution in [0.4, 0.5) is 5.82 Å². The SMILES string of the molecule is COCCNc1nc(Cl)nc2sc(-c3ccccc3)cc12. The lowest BCUT2D eigenvalue weighted by Gasteiger charge is -2.05. The fourth-order valence-corrected chi connectivity index (χ4v) is 3.30. The van der Waals surface area contributed by atoms with Gasteiger partial charge in [-0.05, 0) is 23.2 Å². The molecule has 0 saturated heterocycles. The molecule has 21 heavy (non-hydrogen) atoms. The fourth-order valence-electron chi connectivity index (χ4n) is 2.05. The number of nitrogens with one attached hydrogen (secondary N) is 1. The highest BCUT2D eigenvalue weighted by molar-refractivity contribution is 7.22. The highest BCUT2D eigenvalue weighted by atomic mass is 35.5. The van der Waals surface area contributed by atoms with Crippen molar-refractivity contribution in [2.75, 3.05) is 25.6 Å². The second-order valence-electron chi connectivity index (χ2n) is 4.46. The number of nitrogens with zero attached hydrogens (tertiary/aromatic N) is 2. The Morgan fingerprint density at radius 2 is 2.05 bits per heavy atom. The minimum absolute atomic E-state index is 0.254. The van der Waals surface area contributed by atoms with Crippen molar-refractivity contribution in [1.82, 2.24) is 9.97 Å². The Labute approximate surface area is 131 Å². The Morgan fingerprint density at radius 3 is 2.81 bits per heavy atom. The first-order valence-corrected chi connectivity index (χ1v) is 7.72. The van der Waals surface area contributed by atoms with Crippen LogP contribution in [0.3, 0.4) is 0 Å². The van der Waals surface area contributed by atoms with Crippen molar-refractivity contribution in [3.8, 4) is 10.4 Å². The van der Waals surface area contributed by atoms with Crippen molar-refractivity contribution in [2.24, 2.45) is 0 Å². The lowest BCUT2D eigenvalue weighted by atomic mass is 10.2. The third-order valence-corrected chi connectivity index (χ3v) is 4.27. The van der Waals surface area contributed by atoms with E-state index in [0.717, 1.165) is 20.9 Å². The van der Waals surface area contributed by atoms with Crippen LogP contribution in [-0.2, 0) is 4.74 Å². The maximum atomic E-state index is 6.01. The van der Waals surface area contributed by atoms with Crippen LogP contribution < -0.4 is 5.32 Å². The molecule has 3 aromatic rings. The van der Waals surface area contributed by atoms with E-state index in [1.165, 1.54) is 5.56 Å². The topological polar surface area (TPSA) is 47.0 Å². The molecule has 1 N–H and O–H groups in total. The lowest BCUT2D eigenvalue weighted by Crippen LogP contribution is -2.09. The molecule has 0 amide bonds. The number of aromatic nitrogens is 2. The first-order valence-electron chi connectivity index (χ1n) is 6.53. The standard InChI is InChI=1S/C15H14ClN3OS/c1-20-8-7-17-13-11-9-12(10-5-3-2-4-6-10)21-14(11)19-15(16)18-13/h2-6,9H,7-8H2,1H3,(H,17,18,19). The van der Waals surface area contributed by atoms with Gasteiger partial charge in [-0.25, -0.2) is 9.97 Å². The number of hydrogen-bond donors (Lipinski definition) is 1. The van der Waals surface area contributed by atoms with Gasteiger partial charge in [0.05, 0.1) is 12.0 Å². The van der Waals surface area contributed by atoms with Crippen molar-refractivity contribution in [2.45, 2.75) is 0 Å². The number of rotatable bonds is 5. The summed E-state index contributed by atoms with van der Waals surface area (Å²) in [6.07, 6.45) is 0. The van der Waals surface area contributed by atoms with Crippen LogP contribution in [0.2, 0.25) is 5.28 Å². The van der Waals surface area contributed by atoms with Gasteiger partial charge < -0.3 is 10.1 Å². The third-order valence-electron chi connectivity index (χ3n) is 3.02. The molecule has 6 heteroatoms. The second-order valence-corrected chi connectivity index (χ2v) is 5.83. The van der Waals surface area contributed by atoms with Crippen molar-refractivity contribution in [3.63, 3.8) is 0 Å². The number of thiophene rings is 1. The zero-order chi connectivity index (χ0) is 14.7. The maximum absolute atomic E-state index is 6.01. The summed E-state index contributed by atoms with van der Waals surface area (Å²) in [7, 11) is 1.67. The Morgan fingerprint density at radius 1 is 1.24 bits per heavy atom. The van der Waals surface area contributed by atoms with Gasteiger partial charge in [0.2, 0.25) is 5.28 Å². The van der Waals surface area contributed by atoms with Crippen LogP contribution >= 0.6 is 22.9 Å². The van der Waals surface area contributed by atoms with E-state index in [1.807, 2.05) is 18.2 Å². The van der Waals surface area contributed by atoms with E-state index in [1.54, 1.807) is 18.4 Å². The van der Waals surface area contributed by atoms with Crippen molar-refractivity contribution in [1.29, 1.82) is 0 Å². The van der Waals surface area contributed by atoms with E-state index in [9.17, 15) is 0 Å². The van der Waals surface area contributed by atoms with Gasteiger partial charge in [-0.1, -0.05) is 30.3 Å². The molecule has 1 aromatic carbocycles. The van der Waals surface area contributed by atoms with Crippen molar-refractivity contribution >= 4 is 39.0 Å². The molecule has 2 aromatic heterocycles. The molecule has 2 heterocycles. The molecular weight excluding hydrogens is 306 g/mol. The van der Waals surface area contributed by atoms with Crippen LogP contribution in [0.25, 0.3) is 20.7 Å². The minimum atomic E-state index is 0.254. The number of benzene rings is 1. The normalized spacial score (nSPS) is 11.0. The van der Waals surface area contributed by atoms with Crippen molar-refractivity contribution in [3.05, 3.63) is 41.7 Å². The predicted octanol–water partition coefficient (Wildman–Crippen LogP) is 4.07. The molecule has 0 radical (unpaired) electrons. The lowest BCUT2D eigenvalue weighted by molar-refractivity contribution is 0.210. The number of fused-ring (bicyclic) bond motifs is 1. The number of methoxy groups -OCH3 is 1. The first kappa shape index (κ1) is 14.3. The maximum Gasteiger partial charge on any atom is 0.225 e. The number of anilines is 1. The molecule has 0 saturated carbocycles. The summed E-state index contributed by atoms with van der Waals surface area (Å²) in [5.74, 6) is 0.750. The molecule has 0 aliphatic rings. The summed E-state index contributed by atoms with van der Waals surface area (Å²) in [6, 6.07) is 12.3. The quantitative estimate of drug-likeness (QED) is 0.569. The molecule has 0 bridgehead atoms. The van der Waals surface area contributed by atoms with Gasteiger partial charge in [0, 0.05) is 18.5 Å². The summed E-state index contributed by atoms with van der Waals surface area (Å²) < 4.78 is 5.04. The fraction of sp³-hybridized carbons (Fsp3) is 0.200. The summed E-state index contributed by atoms with van der Waals surface area (Å²) in [5.41, 5.74) is 1.17. The number of ether oxygens (including phenoxy) is 1. The Hall–Kier alpha value is -1.69. The van der Waals surface area contributed by atoms with Crippen LogP contribution in [0.5, 0.6) is 0 Å². The molecule has 0 fully saturated rings. The highest BCUT2D eigenvalue weighted by Crippen LogP contribution is 2.35. The van der Waals surface area contributed by atoms with Crippen molar-refractivity contribution < 1.29 is 4.74 Å². The van der Waals surface area contributed by atoms with Gasteiger partial charge in [0.25, 0.3) is 0 Å². The Kier molecular flexibility index (Phi) is 4.34. The Bertz CT molecular complexity index is 745. The predicted molar refractivity (Wildman–Crippen MR) is 88.2 cm³/mol. The molecule has 0 aliphatic heterocycles. The summed E-state index contributed by atoms with van der Waals surface area (Å²) in [6.45, 7) is 1.29. The van der Waals surface area contributed by atoms with Gasteiger partial charge in [0.15, 0.2) is 0 Å². The zero-order valence-corrected chi connectivity index (χ0v) is 13.0.